The van der Waals surface area contributed by atoms with Gasteiger partial charge in [-0.2, -0.15) is 0 Å². The second-order valence-electron chi connectivity index (χ2n) is 15.4. The molecule has 0 radical (unpaired) electrons. The zero-order valence-electron chi connectivity index (χ0n) is 25.9. The minimum atomic E-state index is -1.85. The summed E-state index contributed by atoms with van der Waals surface area (Å²) in [5, 5.41) is 24.5. The second-order valence-corrected chi connectivity index (χ2v) is 26.3. The van der Waals surface area contributed by atoms with Crippen LogP contribution in [0.3, 0.4) is 0 Å². The molecule has 0 heterocycles. The fourth-order valence-electron chi connectivity index (χ4n) is 4.58. The second kappa shape index (κ2) is 11.2. The number of hydrogen-bond donors (Lipinski definition) is 2. The molecule has 0 aliphatic heterocycles. The normalized spacial score (nSPS) is 15.8. The van der Waals surface area contributed by atoms with Gasteiger partial charge < -0.3 is 10.2 Å². The molecule has 2 nitrogen and oxygen atoms in total. The molecule has 0 bridgehead atoms. The summed E-state index contributed by atoms with van der Waals surface area (Å²) in [5.74, 6) is 12.8. The summed E-state index contributed by atoms with van der Waals surface area (Å²) in [5.41, 5.74) is 0.961. The highest BCUT2D eigenvalue weighted by Gasteiger charge is 2.51. The first-order valence-electron chi connectivity index (χ1n) is 13.8. The van der Waals surface area contributed by atoms with E-state index in [0.717, 1.165) is 11.1 Å². The third kappa shape index (κ3) is 9.28. The van der Waals surface area contributed by atoms with E-state index in [1.807, 2.05) is 24.3 Å². The molecule has 0 aromatic heterocycles. The Labute approximate surface area is 235 Å². The van der Waals surface area contributed by atoms with Crippen molar-refractivity contribution in [2.45, 2.75) is 115 Å². The molecule has 2 unspecified atom stereocenters. The first kappa shape index (κ1) is 32.1. The van der Waals surface area contributed by atoms with Gasteiger partial charge in [0, 0.05) is 27.3 Å². The Bertz CT molecular complexity index is 1110. The van der Waals surface area contributed by atoms with Gasteiger partial charge in [0.05, 0.1) is 0 Å². The minimum absolute atomic E-state index is 0.0583. The Hall–Kier alpha value is -2.09. The number of hydrogen-bond acceptors (Lipinski definition) is 2. The third-order valence-corrected chi connectivity index (χ3v) is 9.73. The summed E-state index contributed by atoms with van der Waals surface area (Å²) in [6.07, 6.45) is 0. The van der Waals surface area contributed by atoms with E-state index in [2.05, 4.69) is 129 Å². The summed E-state index contributed by atoms with van der Waals surface area (Å²) in [6, 6.07) is 17.3. The Morgan fingerprint density at radius 1 is 0.526 bits per heavy atom. The average Bonchev–Trinajstić information content (AvgIpc) is 2.73. The number of aliphatic hydroxyl groups is 2. The van der Waals surface area contributed by atoms with Crippen molar-refractivity contribution < 1.29 is 10.2 Å². The molecule has 2 N–H and O–H groups in total. The van der Waals surface area contributed by atoms with Gasteiger partial charge in [0.15, 0.2) is 11.2 Å². The molecule has 0 saturated heterocycles. The Morgan fingerprint density at radius 3 is 1.00 bits per heavy atom. The van der Waals surface area contributed by atoms with E-state index in [4.69, 9.17) is 0 Å². The summed E-state index contributed by atoms with van der Waals surface area (Å²) >= 11 is 0. The van der Waals surface area contributed by atoms with Crippen molar-refractivity contribution in [2.75, 3.05) is 0 Å². The van der Waals surface area contributed by atoms with Crippen molar-refractivity contribution in [3.8, 4) is 23.7 Å². The van der Waals surface area contributed by atoms with Crippen LogP contribution in [-0.4, -0.2) is 37.6 Å². The molecule has 38 heavy (non-hydrogen) atoms. The summed E-state index contributed by atoms with van der Waals surface area (Å²) in [6.45, 7) is 26.3. The molecule has 2 aromatic carbocycles. The lowest BCUT2D eigenvalue weighted by molar-refractivity contribution is -0.0565. The van der Waals surface area contributed by atoms with Crippen molar-refractivity contribution in [1.82, 2.24) is 0 Å². The van der Waals surface area contributed by atoms with Crippen molar-refractivity contribution in [2.24, 2.45) is 0 Å². The highest BCUT2D eigenvalue weighted by atomic mass is 28.3. The standard InChI is InChI=1S/C34H50O2Si2/c1-31(2,3)29-17-13-27(14-18-29)21-23-33(35,25-37(7,8)9)34(36,26-38(10,11)12)24-22-28-15-19-30(20-16-28)32(4,5)6/h13-20,35-36H,25-26H2,1-12H3. The molecule has 0 aliphatic rings. The molecule has 0 spiro atoms. The lowest BCUT2D eigenvalue weighted by Crippen LogP contribution is -2.58. The SMILES string of the molecule is CC(C)(C)c1ccc(C#CC(O)(C[Si](C)(C)C)C(O)(C#Cc2ccc(C(C)(C)C)cc2)C[Si](C)(C)C)cc1. The first-order chi connectivity index (χ1) is 17.0. The molecule has 0 aliphatic carbocycles. The highest BCUT2D eigenvalue weighted by molar-refractivity contribution is 6.77. The topological polar surface area (TPSA) is 40.5 Å². The summed E-state index contributed by atoms with van der Waals surface area (Å²) in [4.78, 5) is 0. The maximum absolute atomic E-state index is 12.2. The van der Waals surface area contributed by atoms with E-state index in [1.54, 1.807) is 0 Å². The Balaban J connectivity index is 2.63. The monoisotopic (exact) mass is 546 g/mol. The lowest BCUT2D eigenvalue weighted by atomic mass is 9.85. The maximum atomic E-state index is 12.2. The molecule has 2 aromatic rings. The Morgan fingerprint density at radius 2 is 0.789 bits per heavy atom. The van der Waals surface area contributed by atoms with Crippen LogP contribution in [0.2, 0.25) is 51.4 Å². The zero-order valence-corrected chi connectivity index (χ0v) is 27.9. The van der Waals surface area contributed by atoms with E-state index in [1.165, 1.54) is 11.1 Å². The van der Waals surface area contributed by atoms with Gasteiger partial charge in [-0.15, -0.1) is 0 Å². The van der Waals surface area contributed by atoms with Gasteiger partial charge in [0.25, 0.3) is 0 Å². The van der Waals surface area contributed by atoms with Gasteiger partial charge in [-0.25, -0.2) is 0 Å². The molecule has 4 heteroatoms. The largest absolute Gasteiger partial charge is 0.374 e. The summed E-state index contributed by atoms with van der Waals surface area (Å²) < 4.78 is 0. The van der Waals surface area contributed by atoms with Crippen LogP contribution in [-0.2, 0) is 10.8 Å². The smallest absolute Gasteiger partial charge is 0.162 e. The molecule has 206 valence electrons. The summed E-state index contributed by atoms with van der Waals surface area (Å²) in [7, 11) is -3.70. The van der Waals surface area contributed by atoms with Crippen LogP contribution in [0.5, 0.6) is 0 Å². The van der Waals surface area contributed by atoms with Gasteiger partial charge in [-0.1, -0.05) is 129 Å². The molecule has 0 amide bonds. The predicted octanol–water partition coefficient (Wildman–Crippen LogP) is 7.82. The van der Waals surface area contributed by atoms with E-state index < -0.39 is 27.3 Å². The van der Waals surface area contributed by atoms with E-state index >= 15 is 0 Å². The van der Waals surface area contributed by atoms with Crippen molar-refractivity contribution >= 4 is 16.1 Å². The van der Waals surface area contributed by atoms with Crippen LogP contribution in [0.25, 0.3) is 0 Å². The van der Waals surface area contributed by atoms with E-state index in [0.29, 0.717) is 12.1 Å². The van der Waals surface area contributed by atoms with E-state index in [-0.39, 0.29) is 10.8 Å². The number of benzene rings is 2. The van der Waals surface area contributed by atoms with Crippen LogP contribution in [0.1, 0.15) is 63.8 Å². The predicted molar refractivity (Wildman–Crippen MR) is 170 cm³/mol. The highest BCUT2D eigenvalue weighted by Crippen LogP contribution is 2.37. The molecular weight excluding hydrogens is 497 g/mol. The van der Waals surface area contributed by atoms with Crippen LogP contribution in [0.4, 0.5) is 0 Å². The average molecular weight is 547 g/mol. The van der Waals surface area contributed by atoms with Crippen molar-refractivity contribution in [3.05, 3.63) is 70.8 Å². The quantitative estimate of drug-likeness (QED) is 0.296. The first-order valence-corrected chi connectivity index (χ1v) is 21.2. The van der Waals surface area contributed by atoms with Crippen molar-refractivity contribution in [1.29, 1.82) is 0 Å². The molecule has 2 rings (SSSR count). The number of rotatable bonds is 5. The minimum Gasteiger partial charge on any atom is -0.374 e. The molecule has 2 atom stereocenters. The maximum Gasteiger partial charge on any atom is 0.162 e. The fraction of sp³-hybridized carbons (Fsp3) is 0.529. The molecule has 0 saturated carbocycles. The van der Waals surface area contributed by atoms with Crippen LogP contribution < -0.4 is 0 Å². The lowest BCUT2D eigenvalue weighted by Gasteiger charge is -2.42. The van der Waals surface area contributed by atoms with Gasteiger partial charge in [0.2, 0.25) is 0 Å². The molecule has 0 fully saturated rings. The van der Waals surface area contributed by atoms with Gasteiger partial charge in [0.1, 0.15) is 0 Å². The molecular formula is C34H50O2Si2. The zero-order chi connectivity index (χ0) is 29.2. The Kier molecular flexibility index (Phi) is 9.46. The third-order valence-electron chi connectivity index (χ3n) is 6.59. The van der Waals surface area contributed by atoms with E-state index in [9.17, 15) is 10.2 Å². The van der Waals surface area contributed by atoms with Crippen molar-refractivity contribution in [3.63, 3.8) is 0 Å². The van der Waals surface area contributed by atoms with Crippen LogP contribution in [0.15, 0.2) is 48.5 Å². The fourth-order valence-corrected chi connectivity index (χ4v) is 8.41. The van der Waals surface area contributed by atoms with Crippen LogP contribution >= 0.6 is 0 Å². The van der Waals surface area contributed by atoms with Gasteiger partial charge in [-0.05, 0) is 58.3 Å². The van der Waals surface area contributed by atoms with Crippen LogP contribution in [0, 0.1) is 23.7 Å². The van der Waals surface area contributed by atoms with Gasteiger partial charge >= 0.3 is 0 Å². The van der Waals surface area contributed by atoms with Gasteiger partial charge in [-0.3, -0.25) is 0 Å².